The van der Waals surface area contributed by atoms with E-state index in [1.54, 1.807) is 0 Å². The Kier molecular flexibility index (Phi) is 4.50. The molecule has 0 atom stereocenters. The van der Waals surface area contributed by atoms with Gasteiger partial charge in [0.1, 0.15) is 5.82 Å². The highest BCUT2D eigenvalue weighted by Gasteiger charge is 2.19. The first kappa shape index (κ1) is 13.2. The molecule has 1 rings (SSSR count). The number of nitrogens with zero attached hydrogens (tertiary/aromatic N) is 3. The van der Waals surface area contributed by atoms with E-state index in [-0.39, 0.29) is 5.41 Å². The van der Waals surface area contributed by atoms with Gasteiger partial charge < -0.3 is 9.88 Å². The Labute approximate surface area is 98.7 Å². The van der Waals surface area contributed by atoms with Crippen LogP contribution in [0.5, 0.6) is 0 Å². The van der Waals surface area contributed by atoms with Crippen molar-refractivity contribution in [3.63, 3.8) is 0 Å². The molecule has 16 heavy (non-hydrogen) atoms. The summed E-state index contributed by atoms with van der Waals surface area (Å²) in [4.78, 5) is 6.66. The Morgan fingerprint density at radius 1 is 1.50 bits per heavy atom. The topological polar surface area (TPSA) is 33.1 Å². The summed E-state index contributed by atoms with van der Waals surface area (Å²) >= 11 is 0. The van der Waals surface area contributed by atoms with Crippen molar-refractivity contribution in [1.29, 1.82) is 0 Å². The zero-order chi connectivity index (χ0) is 12.2. The molecule has 4 nitrogen and oxygen atoms in total. The third-order valence-electron chi connectivity index (χ3n) is 2.69. The van der Waals surface area contributed by atoms with Crippen molar-refractivity contribution in [2.45, 2.75) is 20.4 Å². The van der Waals surface area contributed by atoms with Crippen LogP contribution in [0.25, 0.3) is 0 Å². The molecule has 4 heteroatoms. The number of hydrogen-bond donors (Lipinski definition) is 1. The zero-order valence-electron chi connectivity index (χ0n) is 11.1. The highest BCUT2D eigenvalue weighted by atomic mass is 15.2. The number of hydrogen-bond acceptors (Lipinski definition) is 3. The molecule has 0 radical (unpaired) electrons. The van der Waals surface area contributed by atoms with Crippen molar-refractivity contribution < 1.29 is 0 Å². The molecule has 0 bridgehead atoms. The molecule has 0 amide bonds. The van der Waals surface area contributed by atoms with E-state index in [0.29, 0.717) is 0 Å². The third kappa shape index (κ3) is 3.94. The quantitative estimate of drug-likeness (QED) is 0.785. The maximum atomic E-state index is 4.34. The first-order valence-electron chi connectivity index (χ1n) is 5.74. The fraction of sp³-hybridized carbons (Fsp3) is 0.750. The molecule has 0 spiro atoms. The monoisotopic (exact) mass is 224 g/mol. The van der Waals surface area contributed by atoms with Crippen LogP contribution in [-0.4, -0.2) is 41.6 Å². The lowest BCUT2D eigenvalue weighted by Crippen LogP contribution is -2.38. The van der Waals surface area contributed by atoms with Crippen LogP contribution in [0.4, 0.5) is 0 Å². The second kappa shape index (κ2) is 5.46. The molecule has 0 unspecified atom stereocenters. The molecule has 1 aromatic heterocycles. The summed E-state index contributed by atoms with van der Waals surface area (Å²) in [6.07, 6.45) is 3.84. The summed E-state index contributed by atoms with van der Waals surface area (Å²) in [5.74, 6) is 1.11. The predicted octanol–water partition coefficient (Wildman–Crippen LogP) is 1.10. The standard InChI is InChI=1S/C12H24N4/c1-12(2,9-13-3)10-15(4)8-11-14-6-7-16(11)5/h6-7,13H,8-10H2,1-5H3. The second-order valence-corrected chi connectivity index (χ2v) is 5.32. The third-order valence-corrected chi connectivity index (χ3v) is 2.69. The predicted molar refractivity (Wildman–Crippen MR) is 67.2 cm³/mol. The van der Waals surface area contributed by atoms with E-state index in [0.717, 1.165) is 25.5 Å². The summed E-state index contributed by atoms with van der Waals surface area (Å²) in [5.41, 5.74) is 0.286. The van der Waals surface area contributed by atoms with Crippen molar-refractivity contribution in [1.82, 2.24) is 19.8 Å². The summed E-state index contributed by atoms with van der Waals surface area (Å²) in [6, 6.07) is 0. The Morgan fingerprint density at radius 3 is 2.69 bits per heavy atom. The van der Waals surface area contributed by atoms with E-state index in [9.17, 15) is 0 Å². The lowest BCUT2D eigenvalue weighted by atomic mass is 9.93. The van der Waals surface area contributed by atoms with Crippen molar-refractivity contribution in [2.75, 3.05) is 27.2 Å². The second-order valence-electron chi connectivity index (χ2n) is 5.32. The molecular weight excluding hydrogens is 200 g/mol. The molecule has 0 saturated heterocycles. The smallest absolute Gasteiger partial charge is 0.122 e. The fourth-order valence-corrected chi connectivity index (χ4v) is 2.11. The van der Waals surface area contributed by atoms with Crippen molar-refractivity contribution >= 4 is 0 Å². The van der Waals surface area contributed by atoms with Crippen LogP contribution in [0.3, 0.4) is 0 Å². The van der Waals surface area contributed by atoms with Crippen molar-refractivity contribution in [3.8, 4) is 0 Å². The number of rotatable bonds is 6. The lowest BCUT2D eigenvalue weighted by molar-refractivity contribution is 0.197. The maximum Gasteiger partial charge on any atom is 0.122 e. The van der Waals surface area contributed by atoms with E-state index < -0.39 is 0 Å². The molecule has 0 aliphatic carbocycles. The van der Waals surface area contributed by atoms with Crippen LogP contribution < -0.4 is 5.32 Å². The summed E-state index contributed by atoms with van der Waals surface area (Å²) in [5, 5.41) is 3.24. The molecule has 92 valence electrons. The Bertz CT molecular complexity index is 317. The van der Waals surface area contributed by atoms with Gasteiger partial charge in [0, 0.05) is 32.5 Å². The molecule has 0 aromatic carbocycles. The SMILES string of the molecule is CNCC(C)(C)CN(C)Cc1nccn1C. The first-order valence-corrected chi connectivity index (χ1v) is 5.74. The molecule has 1 heterocycles. The van der Waals surface area contributed by atoms with E-state index in [1.807, 2.05) is 26.5 Å². The highest BCUT2D eigenvalue weighted by Crippen LogP contribution is 2.15. The molecule has 0 aliphatic heterocycles. The van der Waals surface area contributed by atoms with Gasteiger partial charge in [0.25, 0.3) is 0 Å². The average molecular weight is 224 g/mol. The van der Waals surface area contributed by atoms with Crippen LogP contribution in [0, 0.1) is 5.41 Å². The van der Waals surface area contributed by atoms with Gasteiger partial charge in [-0.3, -0.25) is 4.90 Å². The molecule has 0 aliphatic rings. The molecule has 0 saturated carbocycles. The number of nitrogens with one attached hydrogen (secondary N) is 1. The molecule has 0 fully saturated rings. The van der Waals surface area contributed by atoms with Gasteiger partial charge in [-0.2, -0.15) is 0 Å². The van der Waals surface area contributed by atoms with Crippen molar-refractivity contribution in [2.24, 2.45) is 12.5 Å². The summed E-state index contributed by atoms with van der Waals surface area (Å²) in [7, 11) is 6.18. The van der Waals surface area contributed by atoms with Crippen LogP contribution >= 0.6 is 0 Å². The number of imidazole rings is 1. The van der Waals surface area contributed by atoms with Crippen LogP contribution in [-0.2, 0) is 13.6 Å². The van der Waals surface area contributed by atoms with Gasteiger partial charge in [0.05, 0.1) is 6.54 Å². The summed E-state index contributed by atoms with van der Waals surface area (Å²) < 4.78 is 2.07. The molecule has 1 aromatic rings. The van der Waals surface area contributed by atoms with Gasteiger partial charge in [0.15, 0.2) is 0 Å². The first-order chi connectivity index (χ1) is 7.44. The number of aromatic nitrogens is 2. The van der Waals surface area contributed by atoms with Gasteiger partial charge >= 0.3 is 0 Å². The zero-order valence-corrected chi connectivity index (χ0v) is 11.1. The fourth-order valence-electron chi connectivity index (χ4n) is 2.11. The van der Waals surface area contributed by atoms with E-state index in [2.05, 4.69) is 40.7 Å². The van der Waals surface area contributed by atoms with Crippen LogP contribution in [0.15, 0.2) is 12.4 Å². The van der Waals surface area contributed by atoms with E-state index in [1.165, 1.54) is 0 Å². The highest BCUT2D eigenvalue weighted by molar-refractivity contribution is 4.91. The molecule has 1 N–H and O–H groups in total. The van der Waals surface area contributed by atoms with Gasteiger partial charge in [-0.1, -0.05) is 13.8 Å². The van der Waals surface area contributed by atoms with Gasteiger partial charge in [-0.25, -0.2) is 4.98 Å². The normalized spacial score (nSPS) is 12.4. The number of aryl methyl sites for hydroxylation is 1. The Hall–Kier alpha value is -0.870. The van der Waals surface area contributed by atoms with Crippen LogP contribution in [0.1, 0.15) is 19.7 Å². The average Bonchev–Trinajstić information content (AvgIpc) is 2.50. The summed E-state index contributed by atoms with van der Waals surface area (Å²) in [6.45, 7) is 7.53. The minimum absolute atomic E-state index is 0.286. The van der Waals surface area contributed by atoms with Crippen molar-refractivity contribution in [3.05, 3.63) is 18.2 Å². The minimum atomic E-state index is 0.286. The van der Waals surface area contributed by atoms with Crippen LogP contribution in [0.2, 0.25) is 0 Å². The van der Waals surface area contributed by atoms with E-state index in [4.69, 9.17) is 0 Å². The Balaban J connectivity index is 2.47. The minimum Gasteiger partial charge on any atom is -0.337 e. The largest absolute Gasteiger partial charge is 0.337 e. The maximum absolute atomic E-state index is 4.34. The van der Waals surface area contributed by atoms with Gasteiger partial charge in [-0.15, -0.1) is 0 Å². The lowest BCUT2D eigenvalue weighted by Gasteiger charge is -2.29. The van der Waals surface area contributed by atoms with Gasteiger partial charge in [-0.05, 0) is 19.5 Å². The van der Waals surface area contributed by atoms with E-state index >= 15 is 0 Å². The Morgan fingerprint density at radius 2 is 2.19 bits per heavy atom. The van der Waals surface area contributed by atoms with Gasteiger partial charge in [0.2, 0.25) is 0 Å². The molecular formula is C12H24N4.